The molecule has 0 unspecified atom stereocenters. The van der Waals surface area contributed by atoms with Crippen molar-refractivity contribution in [2.45, 2.75) is 13.0 Å². The van der Waals surface area contributed by atoms with Crippen LogP contribution in [0.2, 0.25) is 0 Å². The summed E-state index contributed by atoms with van der Waals surface area (Å²) in [6.07, 6.45) is 1.01. The maximum atomic E-state index is 5.71. The molecule has 3 rings (SSSR count). The number of para-hydroxylation sites is 1. The third kappa shape index (κ3) is 2.36. The number of rotatable bonds is 3. The predicted octanol–water partition coefficient (Wildman–Crippen LogP) is 4.00. The number of ether oxygens (including phenoxy) is 1. The van der Waals surface area contributed by atoms with Crippen LogP contribution in [0.25, 0.3) is 0 Å². The van der Waals surface area contributed by atoms with Gasteiger partial charge in [0.05, 0.1) is 6.61 Å². The highest BCUT2D eigenvalue weighted by atomic mass is 79.9. The minimum absolute atomic E-state index is 0.784. The standard InChI is InChI=1S/C15H14BrNO/c16-13-8-11-6-7-18-15(11)12(9-13)10-17-14-4-2-1-3-5-14/h1-5,8-9,17H,6-7,10H2. The Morgan fingerprint density at radius 2 is 2.00 bits per heavy atom. The van der Waals surface area contributed by atoms with Crippen LogP contribution < -0.4 is 10.1 Å². The Morgan fingerprint density at radius 3 is 2.83 bits per heavy atom. The molecule has 0 aromatic heterocycles. The van der Waals surface area contributed by atoms with E-state index in [-0.39, 0.29) is 0 Å². The molecule has 0 saturated heterocycles. The van der Waals surface area contributed by atoms with Crippen molar-refractivity contribution < 1.29 is 4.74 Å². The molecule has 18 heavy (non-hydrogen) atoms. The van der Waals surface area contributed by atoms with Crippen molar-refractivity contribution in [3.63, 3.8) is 0 Å². The van der Waals surface area contributed by atoms with E-state index in [1.54, 1.807) is 0 Å². The minimum atomic E-state index is 0.784. The predicted molar refractivity (Wildman–Crippen MR) is 77.1 cm³/mol. The average molecular weight is 304 g/mol. The van der Waals surface area contributed by atoms with Gasteiger partial charge in [-0.1, -0.05) is 34.1 Å². The summed E-state index contributed by atoms with van der Waals surface area (Å²) in [5, 5.41) is 3.42. The monoisotopic (exact) mass is 303 g/mol. The van der Waals surface area contributed by atoms with Gasteiger partial charge in [0, 0.05) is 28.7 Å². The summed E-state index contributed by atoms with van der Waals surface area (Å²) in [6, 6.07) is 14.5. The number of nitrogens with one attached hydrogen (secondary N) is 1. The number of hydrogen-bond donors (Lipinski definition) is 1. The molecule has 1 aliphatic rings. The summed E-state index contributed by atoms with van der Waals surface area (Å²) in [7, 11) is 0. The van der Waals surface area contributed by atoms with E-state index >= 15 is 0 Å². The van der Waals surface area contributed by atoms with Crippen molar-refractivity contribution in [2.24, 2.45) is 0 Å². The summed E-state index contributed by atoms with van der Waals surface area (Å²) in [6.45, 7) is 1.58. The van der Waals surface area contributed by atoms with Crippen LogP contribution in [0.3, 0.4) is 0 Å². The second-order valence-corrected chi connectivity index (χ2v) is 5.29. The number of anilines is 1. The third-order valence-electron chi connectivity index (χ3n) is 3.08. The van der Waals surface area contributed by atoms with Gasteiger partial charge in [-0.05, 0) is 29.8 Å². The first-order chi connectivity index (χ1) is 8.83. The Balaban J connectivity index is 1.81. The van der Waals surface area contributed by atoms with Gasteiger partial charge in [-0.25, -0.2) is 0 Å². The summed E-state index contributed by atoms with van der Waals surface area (Å²) in [5.41, 5.74) is 3.64. The van der Waals surface area contributed by atoms with Gasteiger partial charge < -0.3 is 10.1 Å². The van der Waals surface area contributed by atoms with Gasteiger partial charge in [-0.3, -0.25) is 0 Å². The van der Waals surface area contributed by atoms with E-state index < -0.39 is 0 Å². The molecular weight excluding hydrogens is 290 g/mol. The van der Waals surface area contributed by atoms with Crippen LogP contribution in [0.4, 0.5) is 5.69 Å². The highest BCUT2D eigenvalue weighted by molar-refractivity contribution is 9.10. The van der Waals surface area contributed by atoms with Crippen LogP contribution in [0.5, 0.6) is 5.75 Å². The van der Waals surface area contributed by atoms with Gasteiger partial charge in [0.25, 0.3) is 0 Å². The normalized spacial score (nSPS) is 12.9. The molecule has 0 fully saturated rings. The molecule has 2 aromatic rings. The minimum Gasteiger partial charge on any atom is -0.493 e. The highest BCUT2D eigenvalue weighted by Gasteiger charge is 2.17. The molecular formula is C15H14BrNO. The third-order valence-corrected chi connectivity index (χ3v) is 3.54. The lowest BCUT2D eigenvalue weighted by molar-refractivity contribution is 0.354. The van der Waals surface area contributed by atoms with E-state index in [1.165, 1.54) is 11.1 Å². The summed E-state index contributed by atoms with van der Waals surface area (Å²) < 4.78 is 6.83. The van der Waals surface area contributed by atoms with Crippen molar-refractivity contribution in [1.82, 2.24) is 0 Å². The fourth-order valence-corrected chi connectivity index (χ4v) is 2.78. The van der Waals surface area contributed by atoms with Gasteiger partial charge in [-0.2, -0.15) is 0 Å². The van der Waals surface area contributed by atoms with Crippen LogP contribution in [0.1, 0.15) is 11.1 Å². The van der Waals surface area contributed by atoms with E-state index in [1.807, 2.05) is 18.2 Å². The van der Waals surface area contributed by atoms with Crippen LogP contribution in [-0.4, -0.2) is 6.61 Å². The number of fused-ring (bicyclic) bond motifs is 1. The topological polar surface area (TPSA) is 21.3 Å². The first kappa shape index (κ1) is 11.6. The van der Waals surface area contributed by atoms with Crippen LogP contribution in [0.15, 0.2) is 46.9 Å². The fraction of sp³-hybridized carbons (Fsp3) is 0.200. The Labute approximate surface area is 115 Å². The first-order valence-electron chi connectivity index (χ1n) is 6.06. The van der Waals surface area contributed by atoms with E-state index in [0.717, 1.165) is 35.5 Å². The lowest BCUT2D eigenvalue weighted by Crippen LogP contribution is -2.01. The second kappa shape index (κ2) is 5.02. The Hall–Kier alpha value is -1.48. The molecule has 0 saturated carbocycles. The number of halogens is 1. The molecule has 3 heteroatoms. The van der Waals surface area contributed by atoms with Gasteiger partial charge in [0.1, 0.15) is 5.75 Å². The molecule has 0 spiro atoms. The largest absolute Gasteiger partial charge is 0.493 e. The van der Waals surface area contributed by atoms with Crippen molar-refractivity contribution in [2.75, 3.05) is 11.9 Å². The SMILES string of the molecule is Brc1cc2c(c(CNc3ccccc3)c1)OCC2. The first-order valence-corrected chi connectivity index (χ1v) is 6.85. The highest BCUT2D eigenvalue weighted by Crippen LogP contribution is 2.33. The molecule has 0 radical (unpaired) electrons. The Bertz CT molecular complexity index is 554. The molecule has 0 amide bonds. The fourth-order valence-electron chi connectivity index (χ4n) is 2.23. The quantitative estimate of drug-likeness (QED) is 0.925. The zero-order valence-corrected chi connectivity index (χ0v) is 11.5. The van der Waals surface area contributed by atoms with Gasteiger partial charge in [0.15, 0.2) is 0 Å². The van der Waals surface area contributed by atoms with E-state index in [4.69, 9.17) is 4.74 Å². The van der Waals surface area contributed by atoms with Crippen molar-refractivity contribution in [1.29, 1.82) is 0 Å². The Kier molecular flexibility index (Phi) is 3.24. The van der Waals surface area contributed by atoms with Crippen molar-refractivity contribution >= 4 is 21.6 Å². The van der Waals surface area contributed by atoms with Gasteiger partial charge >= 0.3 is 0 Å². The van der Waals surface area contributed by atoms with E-state index in [9.17, 15) is 0 Å². The molecule has 92 valence electrons. The average Bonchev–Trinajstić information content (AvgIpc) is 2.85. The van der Waals surface area contributed by atoms with Gasteiger partial charge in [-0.15, -0.1) is 0 Å². The summed E-state index contributed by atoms with van der Waals surface area (Å²) >= 11 is 3.56. The van der Waals surface area contributed by atoms with Crippen LogP contribution in [-0.2, 0) is 13.0 Å². The van der Waals surface area contributed by atoms with E-state index in [0.29, 0.717) is 0 Å². The molecule has 2 nitrogen and oxygen atoms in total. The van der Waals surface area contributed by atoms with Crippen LogP contribution >= 0.6 is 15.9 Å². The van der Waals surface area contributed by atoms with Gasteiger partial charge in [0.2, 0.25) is 0 Å². The summed E-state index contributed by atoms with van der Waals surface area (Å²) in [5.74, 6) is 1.06. The molecule has 0 atom stereocenters. The zero-order valence-electron chi connectivity index (χ0n) is 9.95. The van der Waals surface area contributed by atoms with E-state index in [2.05, 4.69) is 45.5 Å². The molecule has 2 aromatic carbocycles. The lowest BCUT2D eigenvalue weighted by atomic mass is 10.1. The second-order valence-electron chi connectivity index (χ2n) is 4.37. The molecule has 0 bridgehead atoms. The summed E-state index contributed by atoms with van der Waals surface area (Å²) in [4.78, 5) is 0. The number of hydrogen-bond acceptors (Lipinski definition) is 2. The maximum Gasteiger partial charge on any atom is 0.127 e. The Morgan fingerprint density at radius 1 is 1.17 bits per heavy atom. The molecule has 1 heterocycles. The smallest absolute Gasteiger partial charge is 0.127 e. The number of benzene rings is 2. The molecule has 1 aliphatic heterocycles. The molecule has 1 N–H and O–H groups in total. The van der Waals surface area contributed by atoms with Crippen molar-refractivity contribution in [3.8, 4) is 5.75 Å². The maximum absolute atomic E-state index is 5.71. The van der Waals surface area contributed by atoms with Crippen LogP contribution in [0, 0.1) is 0 Å². The zero-order chi connectivity index (χ0) is 12.4. The lowest BCUT2D eigenvalue weighted by Gasteiger charge is -2.11. The van der Waals surface area contributed by atoms with Crippen molar-refractivity contribution in [3.05, 3.63) is 58.1 Å². The molecule has 0 aliphatic carbocycles.